The van der Waals surface area contributed by atoms with E-state index in [0.29, 0.717) is 23.0 Å². The minimum atomic E-state index is -0.0594. The zero-order valence-electron chi connectivity index (χ0n) is 13.7. The highest BCUT2D eigenvalue weighted by Crippen LogP contribution is 2.36. The molecule has 0 unspecified atom stereocenters. The molecule has 0 atom stereocenters. The van der Waals surface area contributed by atoms with E-state index < -0.39 is 0 Å². The Hall–Kier alpha value is -2.56. The molecule has 5 nitrogen and oxygen atoms in total. The van der Waals surface area contributed by atoms with Gasteiger partial charge in [0.2, 0.25) is 0 Å². The Balaban J connectivity index is 2.22. The highest BCUT2D eigenvalue weighted by atomic mass is 16.5. The lowest BCUT2D eigenvalue weighted by Crippen LogP contribution is -2.06. The summed E-state index contributed by atoms with van der Waals surface area (Å²) in [5.74, 6) is 1.85. The Kier molecular flexibility index (Phi) is 5.21. The summed E-state index contributed by atoms with van der Waals surface area (Å²) in [5.41, 5.74) is 0. The van der Waals surface area contributed by atoms with Crippen LogP contribution in [0.15, 0.2) is 36.4 Å². The van der Waals surface area contributed by atoms with Crippen LogP contribution in [0.4, 0.5) is 0 Å². The minimum absolute atomic E-state index is 0.0561. The smallest absolute Gasteiger partial charge is 0.165 e. The lowest BCUT2D eigenvalue weighted by atomic mass is 10.2. The Morgan fingerprint density at radius 1 is 0.696 bits per heavy atom. The van der Waals surface area contributed by atoms with E-state index in [4.69, 9.17) is 14.2 Å². The third kappa shape index (κ3) is 4.71. The van der Waals surface area contributed by atoms with E-state index in [1.165, 1.54) is 12.1 Å². The van der Waals surface area contributed by atoms with E-state index >= 15 is 0 Å². The van der Waals surface area contributed by atoms with Gasteiger partial charge in [-0.3, -0.25) is 0 Å². The molecule has 0 spiro atoms. The molecule has 0 heterocycles. The van der Waals surface area contributed by atoms with Crippen molar-refractivity contribution in [2.75, 3.05) is 0 Å². The second kappa shape index (κ2) is 7.13. The van der Waals surface area contributed by atoms with Crippen LogP contribution in [0.5, 0.6) is 34.5 Å². The number of phenols is 2. The molecule has 0 amide bonds. The Labute approximate surface area is 136 Å². The Morgan fingerprint density at radius 2 is 1.09 bits per heavy atom. The van der Waals surface area contributed by atoms with Gasteiger partial charge in [0.05, 0.1) is 12.2 Å². The van der Waals surface area contributed by atoms with Crippen LogP contribution in [0.3, 0.4) is 0 Å². The van der Waals surface area contributed by atoms with E-state index in [1.807, 2.05) is 27.7 Å². The van der Waals surface area contributed by atoms with Crippen molar-refractivity contribution in [3.05, 3.63) is 36.4 Å². The van der Waals surface area contributed by atoms with Crippen molar-refractivity contribution >= 4 is 0 Å². The highest BCUT2D eigenvalue weighted by molar-refractivity contribution is 5.49. The van der Waals surface area contributed by atoms with Gasteiger partial charge in [-0.05, 0) is 52.0 Å². The molecule has 2 aromatic carbocycles. The van der Waals surface area contributed by atoms with Gasteiger partial charge in [-0.25, -0.2) is 0 Å². The van der Waals surface area contributed by atoms with Gasteiger partial charge >= 0.3 is 0 Å². The van der Waals surface area contributed by atoms with Crippen LogP contribution in [0.25, 0.3) is 0 Å². The van der Waals surface area contributed by atoms with E-state index in [-0.39, 0.29) is 23.7 Å². The first-order chi connectivity index (χ1) is 10.8. The normalized spacial score (nSPS) is 10.9. The maximum Gasteiger partial charge on any atom is 0.165 e. The SMILES string of the molecule is CC(C)Oc1cc(Oc2ccc(O)c(OC(C)C)c2)ccc1O. The quantitative estimate of drug-likeness (QED) is 0.822. The fourth-order valence-electron chi connectivity index (χ4n) is 1.95. The Bertz CT molecular complexity index is 607. The molecule has 0 radical (unpaired) electrons. The van der Waals surface area contributed by atoms with E-state index in [2.05, 4.69) is 0 Å². The van der Waals surface area contributed by atoms with Gasteiger partial charge in [0.15, 0.2) is 23.0 Å². The summed E-state index contributed by atoms with van der Waals surface area (Å²) in [7, 11) is 0. The number of benzene rings is 2. The van der Waals surface area contributed by atoms with E-state index in [9.17, 15) is 10.2 Å². The molecule has 23 heavy (non-hydrogen) atoms. The topological polar surface area (TPSA) is 68.2 Å². The van der Waals surface area contributed by atoms with Crippen LogP contribution in [0.2, 0.25) is 0 Å². The molecule has 0 fully saturated rings. The van der Waals surface area contributed by atoms with Gasteiger partial charge in [0.1, 0.15) is 11.5 Å². The lowest BCUT2D eigenvalue weighted by molar-refractivity contribution is 0.230. The zero-order valence-corrected chi connectivity index (χ0v) is 13.7. The predicted octanol–water partition coefficient (Wildman–Crippen LogP) is 4.46. The number of hydrogen-bond acceptors (Lipinski definition) is 5. The molecule has 2 rings (SSSR count). The molecule has 0 aliphatic carbocycles. The monoisotopic (exact) mass is 318 g/mol. The molecule has 0 saturated heterocycles. The van der Waals surface area contributed by atoms with E-state index in [1.54, 1.807) is 24.3 Å². The van der Waals surface area contributed by atoms with Crippen LogP contribution in [0, 0.1) is 0 Å². The molecule has 0 bridgehead atoms. The third-order valence-corrected chi connectivity index (χ3v) is 2.82. The van der Waals surface area contributed by atoms with Crippen LogP contribution >= 0.6 is 0 Å². The fourth-order valence-corrected chi connectivity index (χ4v) is 1.95. The summed E-state index contributed by atoms with van der Waals surface area (Å²) in [6.07, 6.45) is -0.119. The average molecular weight is 318 g/mol. The van der Waals surface area contributed by atoms with Crippen LogP contribution in [0.1, 0.15) is 27.7 Å². The van der Waals surface area contributed by atoms with Gasteiger partial charge in [-0.2, -0.15) is 0 Å². The van der Waals surface area contributed by atoms with Gasteiger partial charge in [-0.15, -0.1) is 0 Å². The van der Waals surface area contributed by atoms with E-state index in [0.717, 1.165) is 0 Å². The largest absolute Gasteiger partial charge is 0.504 e. The molecular formula is C18H22O5. The first-order valence-corrected chi connectivity index (χ1v) is 7.52. The average Bonchev–Trinajstić information content (AvgIpc) is 2.45. The molecule has 0 saturated carbocycles. The molecule has 2 aromatic rings. The van der Waals surface area contributed by atoms with Crippen molar-refractivity contribution in [3.8, 4) is 34.5 Å². The van der Waals surface area contributed by atoms with Gasteiger partial charge in [0.25, 0.3) is 0 Å². The second-order valence-electron chi connectivity index (χ2n) is 5.69. The van der Waals surface area contributed by atoms with Crippen LogP contribution in [-0.4, -0.2) is 22.4 Å². The lowest BCUT2D eigenvalue weighted by Gasteiger charge is -2.15. The molecule has 0 aromatic heterocycles. The number of aromatic hydroxyl groups is 2. The molecule has 0 aliphatic rings. The summed E-state index contributed by atoms with van der Waals surface area (Å²) in [6, 6.07) is 9.53. The summed E-state index contributed by atoms with van der Waals surface area (Å²) in [4.78, 5) is 0. The van der Waals surface area contributed by atoms with Gasteiger partial charge in [-0.1, -0.05) is 0 Å². The summed E-state index contributed by atoms with van der Waals surface area (Å²) < 4.78 is 16.8. The maximum absolute atomic E-state index is 9.80. The molecule has 5 heteroatoms. The first-order valence-electron chi connectivity index (χ1n) is 7.52. The summed E-state index contributed by atoms with van der Waals surface area (Å²) in [5, 5.41) is 19.6. The Morgan fingerprint density at radius 3 is 1.43 bits per heavy atom. The van der Waals surface area contributed by atoms with Crippen molar-refractivity contribution in [1.82, 2.24) is 0 Å². The second-order valence-corrected chi connectivity index (χ2v) is 5.69. The zero-order chi connectivity index (χ0) is 17.0. The summed E-state index contributed by atoms with van der Waals surface area (Å²) in [6.45, 7) is 7.51. The standard InChI is InChI=1S/C18H22O5/c1-11(2)21-17-9-13(5-7-15(17)19)23-14-6-8-16(20)18(10-14)22-12(3)4/h5-12,19-20H,1-4H3. The first kappa shape index (κ1) is 16.8. The molecule has 124 valence electrons. The van der Waals surface area contributed by atoms with Crippen LogP contribution < -0.4 is 14.2 Å². The summed E-state index contributed by atoms with van der Waals surface area (Å²) >= 11 is 0. The number of rotatable bonds is 6. The maximum atomic E-state index is 9.80. The molecule has 2 N–H and O–H groups in total. The fraction of sp³-hybridized carbons (Fsp3) is 0.333. The minimum Gasteiger partial charge on any atom is -0.504 e. The van der Waals surface area contributed by atoms with Crippen LogP contribution in [-0.2, 0) is 0 Å². The van der Waals surface area contributed by atoms with Crippen molar-refractivity contribution in [2.45, 2.75) is 39.9 Å². The predicted molar refractivity (Wildman–Crippen MR) is 87.8 cm³/mol. The van der Waals surface area contributed by atoms with Crippen molar-refractivity contribution in [3.63, 3.8) is 0 Å². The van der Waals surface area contributed by atoms with Gasteiger partial charge < -0.3 is 24.4 Å². The number of ether oxygens (including phenoxy) is 3. The number of phenolic OH excluding ortho intramolecular Hbond substituents is 2. The molecular weight excluding hydrogens is 296 g/mol. The van der Waals surface area contributed by atoms with Gasteiger partial charge in [0, 0.05) is 12.1 Å². The molecule has 0 aliphatic heterocycles. The third-order valence-electron chi connectivity index (χ3n) is 2.82. The van der Waals surface area contributed by atoms with Crippen molar-refractivity contribution < 1.29 is 24.4 Å². The van der Waals surface area contributed by atoms with Crippen molar-refractivity contribution in [2.24, 2.45) is 0 Å². The van der Waals surface area contributed by atoms with Crippen molar-refractivity contribution in [1.29, 1.82) is 0 Å². The highest BCUT2D eigenvalue weighted by Gasteiger charge is 2.10. The number of hydrogen-bond donors (Lipinski definition) is 2.